The number of anilines is 1. The van der Waals surface area contributed by atoms with Crippen molar-refractivity contribution in [2.75, 3.05) is 20.0 Å². The number of ether oxygens (including phenoxy) is 2. The van der Waals surface area contributed by atoms with E-state index in [0.29, 0.717) is 16.3 Å². The Balaban J connectivity index is 2.73. The molecule has 16 heavy (non-hydrogen) atoms. The summed E-state index contributed by atoms with van der Waals surface area (Å²) in [5.74, 6) is 0.252. The highest BCUT2D eigenvalue weighted by Crippen LogP contribution is 2.39. The van der Waals surface area contributed by atoms with Crippen LogP contribution in [0.2, 0.25) is 0 Å². The molecule has 0 bridgehead atoms. The van der Waals surface area contributed by atoms with Crippen LogP contribution in [-0.4, -0.2) is 20.2 Å². The van der Waals surface area contributed by atoms with Gasteiger partial charge in [0.25, 0.3) is 0 Å². The summed E-state index contributed by atoms with van der Waals surface area (Å²) < 4.78 is 10.8. The molecule has 0 aliphatic carbocycles. The van der Waals surface area contributed by atoms with Crippen LogP contribution in [-0.2, 0) is 4.74 Å². The minimum Gasteiger partial charge on any atom is -0.496 e. The number of fused-ring (bicyclic) bond motifs is 1. The highest BCUT2D eigenvalue weighted by atomic mass is 32.1. The molecular formula is C11H11NO3S. The largest absolute Gasteiger partial charge is 0.496 e. The van der Waals surface area contributed by atoms with Gasteiger partial charge in [-0.25, -0.2) is 4.79 Å². The van der Waals surface area contributed by atoms with Crippen LogP contribution in [0, 0.1) is 0 Å². The van der Waals surface area contributed by atoms with Crippen LogP contribution in [0.5, 0.6) is 5.75 Å². The van der Waals surface area contributed by atoms with E-state index in [-0.39, 0.29) is 0 Å². The van der Waals surface area contributed by atoms with E-state index in [1.54, 1.807) is 7.11 Å². The summed E-state index contributed by atoms with van der Waals surface area (Å²) in [7, 11) is 2.91. The number of esters is 1. The number of hydrogen-bond donors (Lipinski definition) is 1. The standard InChI is InChI=1S/C11H11NO3S/c1-14-6-4-3-5-7-8(6)9(12)10(16-7)11(13)15-2/h3-5H,12H2,1-2H3. The number of hydrogen-bond acceptors (Lipinski definition) is 5. The van der Waals surface area contributed by atoms with Crippen molar-refractivity contribution in [3.8, 4) is 5.75 Å². The maximum atomic E-state index is 11.5. The highest BCUT2D eigenvalue weighted by Gasteiger charge is 2.18. The molecule has 2 aromatic rings. The molecule has 0 atom stereocenters. The number of thiophene rings is 1. The maximum Gasteiger partial charge on any atom is 0.350 e. The van der Waals surface area contributed by atoms with E-state index >= 15 is 0 Å². The number of nitrogens with two attached hydrogens (primary N) is 1. The Morgan fingerprint density at radius 2 is 2.12 bits per heavy atom. The molecule has 0 aliphatic rings. The molecule has 0 unspecified atom stereocenters. The van der Waals surface area contributed by atoms with E-state index in [2.05, 4.69) is 4.74 Å². The number of rotatable bonds is 2. The SMILES string of the molecule is COC(=O)c1sc2cccc(OC)c2c1N. The van der Waals surface area contributed by atoms with E-state index in [9.17, 15) is 4.79 Å². The Labute approximate surface area is 96.6 Å². The van der Waals surface area contributed by atoms with Gasteiger partial charge >= 0.3 is 5.97 Å². The number of carbonyl (C=O) groups excluding carboxylic acids is 1. The van der Waals surface area contributed by atoms with Crippen molar-refractivity contribution >= 4 is 33.1 Å². The molecule has 84 valence electrons. The monoisotopic (exact) mass is 237 g/mol. The summed E-state index contributed by atoms with van der Waals surface area (Å²) in [5, 5.41) is 0.774. The Morgan fingerprint density at radius 3 is 2.75 bits per heavy atom. The van der Waals surface area contributed by atoms with Crippen molar-refractivity contribution in [3.05, 3.63) is 23.1 Å². The number of benzene rings is 1. The van der Waals surface area contributed by atoms with E-state index in [1.807, 2.05) is 18.2 Å². The van der Waals surface area contributed by atoms with Crippen LogP contribution >= 0.6 is 11.3 Å². The average Bonchev–Trinajstić information content (AvgIpc) is 2.66. The molecule has 4 nitrogen and oxygen atoms in total. The van der Waals surface area contributed by atoms with Crippen LogP contribution in [0.4, 0.5) is 5.69 Å². The Bertz CT molecular complexity index is 547. The van der Waals surface area contributed by atoms with Crippen LogP contribution in [0.25, 0.3) is 10.1 Å². The van der Waals surface area contributed by atoms with Crippen LogP contribution in [0.1, 0.15) is 9.67 Å². The number of carbonyl (C=O) groups is 1. The zero-order chi connectivity index (χ0) is 11.7. The Hall–Kier alpha value is -1.75. The molecular weight excluding hydrogens is 226 g/mol. The predicted molar refractivity (Wildman–Crippen MR) is 64.1 cm³/mol. The van der Waals surface area contributed by atoms with Gasteiger partial charge in [-0.15, -0.1) is 11.3 Å². The second-order valence-electron chi connectivity index (χ2n) is 3.17. The lowest BCUT2D eigenvalue weighted by Crippen LogP contribution is -2.01. The first-order valence-corrected chi connectivity index (χ1v) is 5.44. The third-order valence-corrected chi connectivity index (χ3v) is 3.46. The zero-order valence-electron chi connectivity index (χ0n) is 8.94. The minimum atomic E-state index is -0.416. The molecule has 0 amide bonds. The lowest BCUT2D eigenvalue weighted by atomic mass is 10.2. The van der Waals surface area contributed by atoms with Gasteiger partial charge in [-0.3, -0.25) is 0 Å². The fourth-order valence-corrected chi connectivity index (χ4v) is 2.61. The highest BCUT2D eigenvalue weighted by molar-refractivity contribution is 7.21. The second kappa shape index (κ2) is 4.02. The van der Waals surface area contributed by atoms with Crippen LogP contribution < -0.4 is 10.5 Å². The summed E-state index contributed by atoms with van der Waals surface area (Å²) >= 11 is 1.31. The molecule has 2 rings (SSSR count). The molecule has 0 spiro atoms. The Kier molecular flexibility index (Phi) is 2.70. The zero-order valence-corrected chi connectivity index (χ0v) is 9.76. The van der Waals surface area contributed by atoms with E-state index in [0.717, 1.165) is 10.1 Å². The first kappa shape index (κ1) is 10.8. The van der Waals surface area contributed by atoms with Gasteiger partial charge < -0.3 is 15.2 Å². The number of methoxy groups -OCH3 is 2. The third-order valence-electron chi connectivity index (χ3n) is 2.30. The van der Waals surface area contributed by atoms with Crippen molar-refractivity contribution < 1.29 is 14.3 Å². The summed E-state index contributed by atoms with van der Waals surface area (Å²) in [6.45, 7) is 0. The van der Waals surface area contributed by atoms with Gasteiger partial charge in [0.1, 0.15) is 10.6 Å². The Morgan fingerprint density at radius 1 is 1.38 bits per heavy atom. The minimum absolute atomic E-state index is 0.416. The van der Waals surface area contributed by atoms with Gasteiger partial charge in [-0.1, -0.05) is 6.07 Å². The van der Waals surface area contributed by atoms with Crippen molar-refractivity contribution in [1.29, 1.82) is 0 Å². The molecule has 0 saturated carbocycles. The molecule has 1 aromatic heterocycles. The van der Waals surface area contributed by atoms with Crippen molar-refractivity contribution in [2.45, 2.75) is 0 Å². The molecule has 1 heterocycles. The lowest BCUT2D eigenvalue weighted by Gasteiger charge is -2.02. The normalized spacial score (nSPS) is 10.4. The van der Waals surface area contributed by atoms with Gasteiger partial charge in [-0.2, -0.15) is 0 Å². The fraction of sp³-hybridized carbons (Fsp3) is 0.182. The maximum absolute atomic E-state index is 11.5. The topological polar surface area (TPSA) is 61.5 Å². The van der Waals surface area contributed by atoms with Crippen molar-refractivity contribution in [2.24, 2.45) is 0 Å². The smallest absolute Gasteiger partial charge is 0.350 e. The molecule has 0 aliphatic heterocycles. The van der Waals surface area contributed by atoms with Crippen LogP contribution in [0.15, 0.2) is 18.2 Å². The molecule has 5 heteroatoms. The van der Waals surface area contributed by atoms with E-state index < -0.39 is 5.97 Å². The number of nitrogen functional groups attached to an aromatic ring is 1. The average molecular weight is 237 g/mol. The first-order valence-electron chi connectivity index (χ1n) is 4.62. The molecule has 1 aromatic carbocycles. The van der Waals surface area contributed by atoms with Gasteiger partial charge in [0.05, 0.1) is 25.3 Å². The van der Waals surface area contributed by atoms with Gasteiger partial charge in [0.15, 0.2) is 0 Å². The van der Waals surface area contributed by atoms with Crippen molar-refractivity contribution in [1.82, 2.24) is 0 Å². The fourth-order valence-electron chi connectivity index (χ4n) is 1.55. The third kappa shape index (κ3) is 1.49. The lowest BCUT2D eigenvalue weighted by molar-refractivity contribution is 0.0607. The van der Waals surface area contributed by atoms with Crippen molar-refractivity contribution in [3.63, 3.8) is 0 Å². The molecule has 0 saturated heterocycles. The van der Waals surface area contributed by atoms with Gasteiger partial charge in [0, 0.05) is 4.70 Å². The van der Waals surface area contributed by atoms with E-state index in [1.165, 1.54) is 18.4 Å². The predicted octanol–water partition coefficient (Wildman–Crippen LogP) is 2.28. The quantitative estimate of drug-likeness (QED) is 0.814. The van der Waals surface area contributed by atoms with Crippen LogP contribution in [0.3, 0.4) is 0 Å². The molecule has 2 N–H and O–H groups in total. The summed E-state index contributed by atoms with van der Waals surface area (Å²) in [5.41, 5.74) is 6.34. The summed E-state index contributed by atoms with van der Waals surface area (Å²) in [6.07, 6.45) is 0. The van der Waals surface area contributed by atoms with Gasteiger partial charge in [-0.05, 0) is 12.1 Å². The first-order chi connectivity index (χ1) is 7.69. The summed E-state index contributed by atoms with van der Waals surface area (Å²) in [6, 6.07) is 5.57. The second-order valence-corrected chi connectivity index (χ2v) is 4.22. The molecule has 0 fully saturated rings. The van der Waals surface area contributed by atoms with Gasteiger partial charge in [0.2, 0.25) is 0 Å². The van der Waals surface area contributed by atoms with E-state index in [4.69, 9.17) is 10.5 Å². The summed E-state index contributed by atoms with van der Waals surface area (Å²) in [4.78, 5) is 11.9. The molecule has 0 radical (unpaired) electrons.